The summed E-state index contributed by atoms with van der Waals surface area (Å²) >= 11 is 0. The Bertz CT molecular complexity index is 650. The molecule has 4 rings (SSSR count). The van der Waals surface area contributed by atoms with Crippen molar-refractivity contribution in [3.63, 3.8) is 0 Å². The number of fused-ring (bicyclic) bond motifs is 5. The predicted molar refractivity (Wildman–Crippen MR) is 96.8 cm³/mol. The van der Waals surface area contributed by atoms with E-state index < -0.39 is 6.10 Å². The molecule has 0 aromatic heterocycles. The van der Waals surface area contributed by atoms with Crippen LogP contribution in [0.3, 0.4) is 0 Å². The Labute approximate surface area is 151 Å². The fraction of sp³-hybridized carbons (Fsp3) is 0.818. The smallest absolute Gasteiger partial charge is 0.155 e. The summed E-state index contributed by atoms with van der Waals surface area (Å²) in [5, 5.41) is 10.9. The molecule has 138 valence electrons. The van der Waals surface area contributed by atoms with Crippen molar-refractivity contribution in [3.05, 3.63) is 11.6 Å². The second-order valence-electron chi connectivity index (χ2n) is 9.96. The van der Waals surface area contributed by atoms with Crippen LogP contribution in [-0.4, -0.2) is 22.8 Å². The van der Waals surface area contributed by atoms with Crippen molar-refractivity contribution in [3.8, 4) is 0 Å². The number of hydrogen-bond acceptors (Lipinski definition) is 3. The number of ketones is 2. The number of hydrogen-bond donors (Lipinski definition) is 1. The van der Waals surface area contributed by atoms with Crippen molar-refractivity contribution in [2.24, 2.45) is 40.4 Å². The molecule has 0 aromatic rings. The normalized spacial score (nSPS) is 52.0. The van der Waals surface area contributed by atoms with Gasteiger partial charge in [-0.25, -0.2) is 0 Å². The van der Waals surface area contributed by atoms with Gasteiger partial charge in [0, 0.05) is 12.3 Å². The van der Waals surface area contributed by atoms with E-state index in [4.69, 9.17) is 0 Å². The van der Waals surface area contributed by atoms with Crippen LogP contribution in [0.1, 0.15) is 66.2 Å². The van der Waals surface area contributed by atoms with E-state index in [0.717, 1.165) is 37.7 Å². The molecule has 0 radical (unpaired) electrons. The Kier molecular flexibility index (Phi) is 3.85. The van der Waals surface area contributed by atoms with Gasteiger partial charge in [0.25, 0.3) is 0 Å². The van der Waals surface area contributed by atoms with Crippen LogP contribution in [-0.2, 0) is 9.59 Å². The van der Waals surface area contributed by atoms with E-state index >= 15 is 0 Å². The number of aliphatic hydroxyl groups excluding tert-OH is 1. The molecule has 0 aromatic carbocycles. The van der Waals surface area contributed by atoms with Gasteiger partial charge in [-0.3, -0.25) is 9.59 Å². The Morgan fingerprint density at radius 2 is 1.92 bits per heavy atom. The third-order valence-electron chi connectivity index (χ3n) is 8.76. The van der Waals surface area contributed by atoms with Gasteiger partial charge in [-0.2, -0.15) is 0 Å². The number of Topliss-reactive ketones (excluding diaryl/α,β-unsaturated/α-hetero) is 1. The van der Waals surface area contributed by atoms with Gasteiger partial charge < -0.3 is 5.11 Å². The highest BCUT2D eigenvalue weighted by atomic mass is 16.3. The van der Waals surface area contributed by atoms with E-state index in [2.05, 4.69) is 20.8 Å². The third-order valence-corrected chi connectivity index (χ3v) is 8.76. The highest BCUT2D eigenvalue weighted by Crippen LogP contribution is 2.67. The van der Waals surface area contributed by atoms with Crippen molar-refractivity contribution in [1.29, 1.82) is 0 Å². The second-order valence-corrected chi connectivity index (χ2v) is 9.96. The molecular formula is C22H32O3. The van der Waals surface area contributed by atoms with Gasteiger partial charge >= 0.3 is 0 Å². The lowest BCUT2D eigenvalue weighted by atomic mass is 9.46. The molecule has 1 N–H and O–H groups in total. The molecule has 25 heavy (non-hydrogen) atoms. The molecule has 0 bridgehead atoms. The summed E-state index contributed by atoms with van der Waals surface area (Å²) in [6.07, 6.45) is 6.90. The van der Waals surface area contributed by atoms with Crippen LogP contribution in [0.5, 0.6) is 0 Å². The minimum Gasteiger partial charge on any atom is -0.389 e. The van der Waals surface area contributed by atoms with Crippen molar-refractivity contribution in [2.75, 3.05) is 0 Å². The average Bonchev–Trinajstić information content (AvgIpc) is 2.80. The summed E-state index contributed by atoms with van der Waals surface area (Å²) in [5.41, 5.74) is 1.06. The predicted octanol–water partition coefficient (Wildman–Crippen LogP) is 3.94. The first-order chi connectivity index (χ1) is 11.7. The van der Waals surface area contributed by atoms with Crippen LogP contribution < -0.4 is 0 Å². The number of carbonyl (C=O) groups excluding carboxylic acids is 2. The summed E-state index contributed by atoms with van der Waals surface area (Å²) in [7, 11) is 0. The molecule has 0 spiro atoms. The largest absolute Gasteiger partial charge is 0.389 e. The number of aliphatic hydroxyl groups is 1. The lowest BCUT2D eigenvalue weighted by Crippen LogP contribution is -2.54. The molecular weight excluding hydrogens is 312 g/mol. The lowest BCUT2D eigenvalue weighted by molar-refractivity contribution is -0.131. The second kappa shape index (κ2) is 5.52. The van der Waals surface area contributed by atoms with Gasteiger partial charge in [0.05, 0.1) is 6.10 Å². The van der Waals surface area contributed by atoms with Crippen LogP contribution in [0.15, 0.2) is 11.6 Å². The van der Waals surface area contributed by atoms with E-state index in [1.807, 2.05) is 0 Å². The van der Waals surface area contributed by atoms with Gasteiger partial charge in [-0.1, -0.05) is 20.8 Å². The van der Waals surface area contributed by atoms with Gasteiger partial charge in [0.15, 0.2) is 5.78 Å². The molecule has 0 aliphatic heterocycles. The van der Waals surface area contributed by atoms with Crippen molar-refractivity contribution in [2.45, 2.75) is 72.3 Å². The maximum absolute atomic E-state index is 12.4. The molecule has 3 saturated carbocycles. The first-order valence-electron chi connectivity index (χ1n) is 10.1. The van der Waals surface area contributed by atoms with Gasteiger partial charge in [0.1, 0.15) is 5.78 Å². The standard InChI is InChI=1S/C22H32O3/c1-12-9-17-15-11-19(25)18-10-14(24)5-7-21(18,3)16(15)6-8-22(17,4)20(12)13(2)23/h10,12,15-17,19-20,25H,5-9,11H2,1-4H3/t12-,15-,16+,17+,19-,20-,21-,22+/m1/s1. The van der Waals surface area contributed by atoms with Crippen LogP contribution in [0.4, 0.5) is 0 Å². The molecule has 3 fully saturated rings. The highest BCUT2D eigenvalue weighted by molar-refractivity contribution is 5.91. The molecule has 0 unspecified atom stereocenters. The van der Waals surface area contributed by atoms with Crippen molar-refractivity contribution >= 4 is 11.6 Å². The molecule has 4 aliphatic rings. The van der Waals surface area contributed by atoms with Gasteiger partial charge in [-0.15, -0.1) is 0 Å². The topological polar surface area (TPSA) is 54.4 Å². The zero-order valence-corrected chi connectivity index (χ0v) is 16.0. The van der Waals surface area contributed by atoms with Crippen LogP contribution in [0.25, 0.3) is 0 Å². The molecule has 3 heteroatoms. The summed E-state index contributed by atoms with van der Waals surface area (Å²) < 4.78 is 0. The Morgan fingerprint density at radius 3 is 2.60 bits per heavy atom. The molecule has 0 heterocycles. The number of rotatable bonds is 1. The highest BCUT2D eigenvalue weighted by Gasteiger charge is 2.62. The zero-order chi connectivity index (χ0) is 18.1. The van der Waals surface area contributed by atoms with Crippen LogP contribution in [0, 0.1) is 40.4 Å². The average molecular weight is 344 g/mol. The summed E-state index contributed by atoms with van der Waals surface area (Å²) in [4.78, 5) is 24.3. The Morgan fingerprint density at radius 1 is 1.20 bits per heavy atom. The summed E-state index contributed by atoms with van der Waals surface area (Å²) in [6, 6.07) is 0. The maximum Gasteiger partial charge on any atom is 0.155 e. The fourth-order valence-electron chi connectivity index (χ4n) is 7.84. The maximum atomic E-state index is 12.4. The van der Waals surface area contributed by atoms with Crippen molar-refractivity contribution < 1.29 is 14.7 Å². The van der Waals surface area contributed by atoms with E-state index in [0.29, 0.717) is 35.9 Å². The number of carbonyl (C=O) groups is 2. The monoisotopic (exact) mass is 344 g/mol. The van der Waals surface area contributed by atoms with E-state index in [9.17, 15) is 14.7 Å². The molecule has 3 nitrogen and oxygen atoms in total. The first-order valence-corrected chi connectivity index (χ1v) is 10.1. The third kappa shape index (κ3) is 2.27. The van der Waals surface area contributed by atoms with E-state index in [-0.39, 0.29) is 22.5 Å². The Hall–Kier alpha value is -0.960. The SMILES string of the molecule is CC(=O)[C@H]1[C@H](C)C[C@H]2[C@@H]3C[C@@H](O)C4=CC(=O)CC[C@]4(C)[C@H]3CC[C@@]21C. The molecule has 8 atom stereocenters. The molecule has 0 saturated heterocycles. The van der Waals surface area contributed by atoms with Crippen LogP contribution in [0.2, 0.25) is 0 Å². The van der Waals surface area contributed by atoms with Crippen LogP contribution >= 0.6 is 0 Å². The van der Waals surface area contributed by atoms with Gasteiger partial charge in [0.2, 0.25) is 0 Å². The first kappa shape index (κ1) is 17.5. The fourth-order valence-corrected chi connectivity index (χ4v) is 7.84. The molecule has 4 aliphatic carbocycles. The summed E-state index contributed by atoms with van der Waals surface area (Å²) in [5.74, 6) is 2.71. The van der Waals surface area contributed by atoms with Crippen molar-refractivity contribution in [1.82, 2.24) is 0 Å². The van der Waals surface area contributed by atoms with E-state index in [1.54, 1.807) is 13.0 Å². The zero-order valence-electron chi connectivity index (χ0n) is 16.0. The Balaban J connectivity index is 1.73. The lowest BCUT2D eigenvalue weighted by Gasteiger charge is -2.59. The quantitative estimate of drug-likeness (QED) is 0.784. The van der Waals surface area contributed by atoms with E-state index in [1.165, 1.54) is 0 Å². The molecule has 0 amide bonds. The van der Waals surface area contributed by atoms with Gasteiger partial charge in [-0.05, 0) is 85.2 Å². The minimum absolute atomic E-state index is 0.0326. The minimum atomic E-state index is -0.482. The summed E-state index contributed by atoms with van der Waals surface area (Å²) in [6.45, 7) is 8.64.